The molecule has 0 aliphatic rings. The largest absolute Gasteiger partial charge is 0.364 e. The van der Waals surface area contributed by atoms with E-state index >= 15 is 0 Å². The lowest BCUT2D eigenvalue weighted by molar-refractivity contribution is -0.117. The molecule has 0 saturated heterocycles. The number of halogens is 2. The maximum absolute atomic E-state index is 11.8. The topological polar surface area (TPSA) is 58.6 Å². The lowest BCUT2D eigenvalue weighted by atomic mass is 10.0. The van der Waals surface area contributed by atoms with Crippen molar-refractivity contribution in [3.8, 4) is 0 Å². The summed E-state index contributed by atoms with van der Waals surface area (Å²) in [4.78, 5) is 24.2. The highest BCUT2D eigenvalue weighted by Gasteiger charge is 2.19. The van der Waals surface area contributed by atoms with E-state index in [4.69, 9.17) is 27.9 Å². The van der Waals surface area contributed by atoms with Crippen molar-refractivity contribution in [2.24, 2.45) is 0 Å². The fraction of sp³-hybridized carbons (Fsp3) is 0.364. The number of aryl methyl sites for hydroxylation is 1. The summed E-state index contributed by atoms with van der Waals surface area (Å²) >= 11 is 11.5. The van der Waals surface area contributed by atoms with E-state index in [1.165, 1.54) is 0 Å². The fourth-order valence-corrected chi connectivity index (χ4v) is 3.13. The number of hydrogen-bond donors (Lipinski definition) is 1. The number of para-hydroxylation sites is 1. The number of nitrogens with one attached hydrogen (secondary N) is 1. The molecule has 5 nitrogen and oxygen atoms in total. The third-order valence-electron chi connectivity index (χ3n) is 4.13. The van der Waals surface area contributed by atoms with Crippen LogP contribution in [0.4, 0.5) is 11.4 Å². The summed E-state index contributed by atoms with van der Waals surface area (Å²) < 4.78 is 5.12. The summed E-state index contributed by atoms with van der Waals surface area (Å²) in [6.07, 6.45) is 1.64. The molecule has 1 N–H and O–H groups in total. The van der Waals surface area contributed by atoms with Crippen LogP contribution in [0.3, 0.4) is 0 Å². The van der Waals surface area contributed by atoms with Crippen molar-refractivity contribution in [2.45, 2.75) is 33.6 Å². The minimum Gasteiger partial charge on any atom is -0.364 e. The Kier molecular flexibility index (Phi) is 11.4. The zero-order valence-electron chi connectivity index (χ0n) is 17.3. The summed E-state index contributed by atoms with van der Waals surface area (Å²) in [7, 11) is 1.58. The van der Waals surface area contributed by atoms with Crippen molar-refractivity contribution in [1.29, 1.82) is 0 Å². The van der Waals surface area contributed by atoms with E-state index in [-0.39, 0.29) is 24.4 Å². The molecular weight excluding hydrogens is 411 g/mol. The van der Waals surface area contributed by atoms with Crippen LogP contribution in [0.25, 0.3) is 0 Å². The first-order chi connectivity index (χ1) is 13.9. The van der Waals surface area contributed by atoms with Gasteiger partial charge in [-0.2, -0.15) is 0 Å². The third-order valence-corrected chi connectivity index (χ3v) is 4.73. The van der Waals surface area contributed by atoms with Gasteiger partial charge in [-0.25, -0.2) is 0 Å². The number of benzene rings is 2. The second-order valence-corrected chi connectivity index (χ2v) is 6.83. The Morgan fingerprint density at radius 1 is 1.07 bits per heavy atom. The first kappa shape index (κ1) is 25.0. The van der Waals surface area contributed by atoms with Gasteiger partial charge in [-0.1, -0.05) is 49.7 Å². The highest BCUT2D eigenvalue weighted by molar-refractivity contribution is 6.32. The molecule has 29 heavy (non-hydrogen) atoms. The number of ether oxygens (including phenoxy) is 1. The first-order valence-corrected chi connectivity index (χ1v) is 10.3. The Morgan fingerprint density at radius 2 is 1.72 bits per heavy atom. The molecule has 158 valence electrons. The molecule has 0 bridgehead atoms. The zero-order chi connectivity index (χ0) is 21.8. The minimum atomic E-state index is -0.183. The second-order valence-electron chi connectivity index (χ2n) is 6.15. The standard InChI is InChI=1S/C14H20ClNO2.C8H8ClNO/c1-5-11-7-8-13(15)12(6-2)14(11)16(9-18-4)10(3)17;9-6-8(11)10-7-4-2-1-3-5-7/h7-8H,5-6,9H2,1-4H3;1-5H,6H2,(H,10,11). The summed E-state index contributed by atoms with van der Waals surface area (Å²) in [5.74, 6) is -0.226. The van der Waals surface area contributed by atoms with Gasteiger partial charge in [0, 0.05) is 24.7 Å². The Morgan fingerprint density at radius 3 is 2.21 bits per heavy atom. The lowest BCUT2D eigenvalue weighted by Crippen LogP contribution is -2.32. The van der Waals surface area contributed by atoms with Crippen LogP contribution >= 0.6 is 23.2 Å². The SMILES string of the molecule is CCc1ccc(Cl)c(CC)c1N(COC)C(C)=O.O=C(CCl)Nc1ccccc1. The van der Waals surface area contributed by atoms with Gasteiger partial charge < -0.3 is 10.1 Å². The number of methoxy groups -OCH3 is 1. The number of rotatable bonds is 7. The van der Waals surface area contributed by atoms with E-state index in [1.807, 2.05) is 49.4 Å². The molecule has 0 radical (unpaired) electrons. The molecule has 2 rings (SSSR count). The Balaban J connectivity index is 0.000000326. The van der Waals surface area contributed by atoms with Crippen molar-refractivity contribution in [2.75, 3.05) is 29.9 Å². The van der Waals surface area contributed by atoms with Gasteiger partial charge in [0.05, 0.1) is 5.69 Å². The number of amides is 2. The monoisotopic (exact) mass is 438 g/mol. The van der Waals surface area contributed by atoms with Gasteiger partial charge >= 0.3 is 0 Å². The molecule has 0 fully saturated rings. The van der Waals surface area contributed by atoms with Gasteiger partial charge in [-0.3, -0.25) is 14.5 Å². The molecule has 0 aliphatic carbocycles. The van der Waals surface area contributed by atoms with E-state index in [0.717, 1.165) is 35.3 Å². The smallest absolute Gasteiger partial charge is 0.239 e. The van der Waals surface area contributed by atoms with Crippen molar-refractivity contribution < 1.29 is 14.3 Å². The maximum Gasteiger partial charge on any atom is 0.239 e. The quantitative estimate of drug-likeness (QED) is 0.472. The van der Waals surface area contributed by atoms with Gasteiger partial charge in [0.15, 0.2) is 0 Å². The highest BCUT2D eigenvalue weighted by Crippen LogP contribution is 2.32. The highest BCUT2D eigenvalue weighted by atomic mass is 35.5. The molecule has 2 amide bonds. The van der Waals surface area contributed by atoms with Crippen LogP contribution < -0.4 is 10.2 Å². The molecule has 0 saturated carbocycles. The number of carbonyl (C=O) groups is 2. The Bertz CT molecular complexity index is 798. The van der Waals surface area contributed by atoms with Crippen LogP contribution in [0.5, 0.6) is 0 Å². The number of carbonyl (C=O) groups excluding carboxylic acids is 2. The molecule has 0 atom stereocenters. The van der Waals surface area contributed by atoms with Crippen LogP contribution in [-0.2, 0) is 27.2 Å². The van der Waals surface area contributed by atoms with E-state index in [0.29, 0.717) is 5.02 Å². The average molecular weight is 439 g/mol. The predicted octanol–water partition coefficient (Wildman–Crippen LogP) is 5.29. The van der Waals surface area contributed by atoms with Crippen molar-refractivity contribution in [3.05, 3.63) is 58.6 Å². The molecule has 2 aromatic carbocycles. The number of nitrogens with zero attached hydrogens (tertiary/aromatic N) is 1. The van der Waals surface area contributed by atoms with Crippen molar-refractivity contribution in [1.82, 2.24) is 0 Å². The van der Waals surface area contributed by atoms with Gasteiger partial charge in [0.2, 0.25) is 11.8 Å². The fourth-order valence-electron chi connectivity index (χ4n) is 2.78. The first-order valence-electron chi connectivity index (χ1n) is 9.37. The van der Waals surface area contributed by atoms with E-state index in [2.05, 4.69) is 12.2 Å². The molecule has 7 heteroatoms. The van der Waals surface area contributed by atoms with Gasteiger partial charge in [-0.15, -0.1) is 11.6 Å². The normalized spacial score (nSPS) is 10.0. The molecule has 0 aromatic heterocycles. The number of alkyl halides is 1. The predicted molar refractivity (Wildman–Crippen MR) is 121 cm³/mol. The van der Waals surface area contributed by atoms with E-state index in [9.17, 15) is 9.59 Å². The Hall–Kier alpha value is -2.08. The number of hydrogen-bond acceptors (Lipinski definition) is 3. The minimum absolute atomic E-state index is 0.00507. The summed E-state index contributed by atoms with van der Waals surface area (Å²) in [5.41, 5.74) is 3.80. The molecule has 0 aliphatic heterocycles. The molecule has 2 aromatic rings. The maximum atomic E-state index is 11.8. The van der Waals surface area contributed by atoms with Crippen molar-refractivity contribution in [3.63, 3.8) is 0 Å². The summed E-state index contributed by atoms with van der Waals surface area (Å²) in [5, 5.41) is 3.32. The molecule has 0 unspecified atom stereocenters. The molecule has 0 spiro atoms. The lowest BCUT2D eigenvalue weighted by Gasteiger charge is -2.26. The van der Waals surface area contributed by atoms with E-state index in [1.54, 1.807) is 18.9 Å². The Labute approximate surface area is 182 Å². The molecular formula is C22H28Cl2N2O3. The van der Waals surface area contributed by atoms with Crippen LogP contribution in [0.2, 0.25) is 5.02 Å². The second kappa shape index (κ2) is 13.2. The van der Waals surface area contributed by atoms with Crippen molar-refractivity contribution >= 4 is 46.4 Å². The summed E-state index contributed by atoms with van der Waals surface area (Å²) in [6.45, 7) is 5.89. The van der Waals surface area contributed by atoms with Crippen LogP contribution in [0.1, 0.15) is 31.9 Å². The zero-order valence-corrected chi connectivity index (χ0v) is 18.8. The summed E-state index contributed by atoms with van der Waals surface area (Å²) in [6, 6.07) is 13.1. The van der Waals surface area contributed by atoms with Crippen LogP contribution in [-0.4, -0.2) is 31.5 Å². The van der Waals surface area contributed by atoms with Gasteiger partial charge in [0.25, 0.3) is 0 Å². The third kappa shape index (κ3) is 7.69. The average Bonchev–Trinajstić information content (AvgIpc) is 2.72. The van der Waals surface area contributed by atoms with E-state index < -0.39 is 0 Å². The van der Waals surface area contributed by atoms with Crippen LogP contribution in [0, 0.1) is 0 Å². The molecule has 0 heterocycles. The van der Waals surface area contributed by atoms with Gasteiger partial charge in [0.1, 0.15) is 12.6 Å². The van der Waals surface area contributed by atoms with Crippen LogP contribution in [0.15, 0.2) is 42.5 Å². The number of anilines is 2. The van der Waals surface area contributed by atoms with Gasteiger partial charge in [-0.05, 0) is 42.2 Å².